The second-order valence-electron chi connectivity index (χ2n) is 1.25. The first kappa shape index (κ1) is 8.35. The van der Waals surface area contributed by atoms with Gasteiger partial charge in [-0.2, -0.15) is 0 Å². The molecule has 0 saturated heterocycles. The van der Waals surface area contributed by atoms with Crippen molar-refractivity contribution in [2.24, 2.45) is 0 Å². The van der Waals surface area contributed by atoms with E-state index in [-0.39, 0.29) is 0 Å². The van der Waals surface area contributed by atoms with Crippen molar-refractivity contribution in [2.75, 3.05) is 0 Å². The van der Waals surface area contributed by atoms with Crippen LogP contribution in [0.3, 0.4) is 0 Å². The molecule has 0 aliphatic rings. The van der Waals surface area contributed by atoms with Gasteiger partial charge in [-0.1, -0.05) is 34.8 Å². The normalized spacial score (nSPS) is 14.5. The van der Waals surface area contributed by atoms with E-state index in [1.54, 1.807) is 6.92 Å². The fourth-order valence-electron chi connectivity index (χ4n) is 0.138. The molecule has 0 aliphatic carbocycles. The van der Waals surface area contributed by atoms with Crippen LogP contribution in [0.25, 0.3) is 0 Å². The van der Waals surface area contributed by atoms with Gasteiger partial charge in [0.05, 0.1) is 5.03 Å². The zero-order chi connectivity index (χ0) is 6.57. The standard InChI is InChI=1S/C5H5Cl3/c1-4(2-6)5(8)3-7/h2-3H,1H3/b4-2-,5-3+. The molecule has 0 aromatic heterocycles. The quantitative estimate of drug-likeness (QED) is 0.530. The second kappa shape index (κ2) is 4.25. The Morgan fingerprint density at radius 1 is 1.25 bits per heavy atom. The number of halogens is 3. The van der Waals surface area contributed by atoms with Gasteiger partial charge in [0.2, 0.25) is 0 Å². The van der Waals surface area contributed by atoms with Gasteiger partial charge in [0.25, 0.3) is 0 Å². The Hall–Kier alpha value is 0.350. The molecule has 0 nitrogen and oxygen atoms in total. The molecular formula is C5H5Cl3. The monoisotopic (exact) mass is 170 g/mol. The van der Waals surface area contributed by atoms with Crippen LogP contribution < -0.4 is 0 Å². The van der Waals surface area contributed by atoms with Crippen molar-refractivity contribution < 1.29 is 0 Å². The molecule has 0 heterocycles. The first-order valence-corrected chi connectivity index (χ1v) is 3.20. The fourth-order valence-corrected chi connectivity index (χ4v) is 0.538. The molecule has 0 fully saturated rings. The Labute approximate surface area is 63.7 Å². The van der Waals surface area contributed by atoms with Gasteiger partial charge in [0.1, 0.15) is 0 Å². The summed E-state index contributed by atoms with van der Waals surface area (Å²) in [6.45, 7) is 1.77. The van der Waals surface area contributed by atoms with Crippen LogP contribution in [-0.4, -0.2) is 0 Å². The van der Waals surface area contributed by atoms with E-state index >= 15 is 0 Å². The molecule has 46 valence electrons. The number of hydrogen-bond donors (Lipinski definition) is 0. The SMILES string of the molecule is CC(=C/Cl)/C(Cl)=C\Cl. The molecule has 0 aromatic carbocycles. The molecule has 0 saturated carbocycles. The topological polar surface area (TPSA) is 0 Å². The Morgan fingerprint density at radius 3 is 1.88 bits per heavy atom. The summed E-state index contributed by atoms with van der Waals surface area (Å²) in [5.41, 5.74) is 3.42. The van der Waals surface area contributed by atoms with Crippen molar-refractivity contribution in [3.8, 4) is 0 Å². The van der Waals surface area contributed by atoms with Crippen LogP contribution in [0, 0.1) is 0 Å². The van der Waals surface area contributed by atoms with Crippen LogP contribution in [-0.2, 0) is 0 Å². The van der Waals surface area contributed by atoms with E-state index in [9.17, 15) is 0 Å². The highest BCUT2D eigenvalue weighted by Gasteiger charge is 1.90. The minimum absolute atomic E-state index is 0.474. The summed E-state index contributed by atoms with van der Waals surface area (Å²) in [7, 11) is 0. The lowest BCUT2D eigenvalue weighted by molar-refractivity contribution is 1.53. The van der Waals surface area contributed by atoms with Crippen LogP contribution >= 0.6 is 34.8 Å². The molecule has 0 atom stereocenters. The predicted octanol–water partition coefficient (Wildman–Crippen LogP) is 3.45. The van der Waals surface area contributed by atoms with Gasteiger partial charge in [0.15, 0.2) is 0 Å². The third-order valence-corrected chi connectivity index (χ3v) is 1.70. The molecule has 0 unspecified atom stereocenters. The van der Waals surface area contributed by atoms with Crippen LogP contribution in [0.4, 0.5) is 0 Å². The molecule has 0 radical (unpaired) electrons. The smallest absolute Gasteiger partial charge is 0.0556 e. The lowest BCUT2D eigenvalue weighted by Crippen LogP contribution is -1.68. The van der Waals surface area contributed by atoms with E-state index < -0.39 is 0 Å². The summed E-state index contributed by atoms with van der Waals surface area (Å²) in [6, 6.07) is 0. The van der Waals surface area contributed by atoms with Gasteiger partial charge in [-0.25, -0.2) is 0 Å². The Balaban J connectivity index is 4.04. The summed E-state index contributed by atoms with van der Waals surface area (Å²) < 4.78 is 0. The zero-order valence-electron chi connectivity index (χ0n) is 4.29. The third-order valence-electron chi connectivity index (χ3n) is 0.636. The van der Waals surface area contributed by atoms with E-state index in [1.165, 1.54) is 11.1 Å². The van der Waals surface area contributed by atoms with Gasteiger partial charge >= 0.3 is 0 Å². The average Bonchev–Trinajstić information content (AvgIpc) is 1.84. The van der Waals surface area contributed by atoms with E-state index in [4.69, 9.17) is 34.8 Å². The van der Waals surface area contributed by atoms with Crippen molar-refractivity contribution in [3.63, 3.8) is 0 Å². The zero-order valence-corrected chi connectivity index (χ0v) is 6.56. The Kier molecular flexibility index (Phi) is 4.44. The van der Waals surface area contributed by atoms with Crippen molar-refractivity contribution in [2.45, 2.75) is 6.92 Å². The van der Waals surface area contributed by atoms with Gasteiger partial charge in [-0.05, 0) is 12.5 Å². The lowest BCUT2D eigenvalue weighted by Gasteiger charge is -1.89. The minimum atomic E-state index is 0.474. The van der Waals surface area contributed by atoms with Crippen LogP contribution in [0.1, 0.15) is 6.92 Å². The molecule has 0 aliphatic heterocycles. The van der Waals surface area contributed by atoms with E-state index in [1.807, 2.05) is 0 Å². The number of rotatable bonds is 1. The first-order chi connectivity index (χ1) is 3.72. The number of allylic oxidation sites excluding steroid dienone is 2. The largest absolute Gasteiger partial charge is 0.0926 e. The van der Waals surface area contributed by atoms with Crippen LogP contribution in [0.2, 0.25) is 0 Å². The molecular weight excluding hydrogens is 166 g/mol. The highest BCUT2D eigenvalue weighted by atomic mass is 35.5. The summed E-state index contributed by atoms with van der Waals surface area (Å²) in [4.78, 5) is 0. The first-order valence-electron chi connectivity index (χ1n) is 1.95. The molecule has 0 amide bonds. The highest BCUT2D eigenvalue weighted by Crippen LogP contribution is 2.14. The van der Waals surface area contributed by atoms with E-state index in [0.717, 1.165) is 5.57 Å². The Morgan fingerprint density at radius 2 is 1.75 bits per heavy atom. The maximum Gasteiger partial charge on any atom is 0.0556 e. The highest BCUT2D eigenvalue weighted by molar-refractivity contribution is 6.39. The number of hydrogen-bond acceptors (Lipinski definition) is 0. The predicted molar refractivity (Wildman–Crippen MR) is 39.4 cm³/mol. The van der Waals surface area contributed by atoms with Gasteiger partial charge < -0.3 is 0 Å². The maximum atomic E-state index is 5.49. The third kappa shape index (κ3) is 2.61. The van der Waals surface area contributed by atoms with Crippen LogP contribution in [0.15, 0.2) is 21.7 Å². The molecule has 8 heavy (non-hydrogen) atoms. The molecule has 3 heteroatoms. The van der Waals surface area contributed by atoms with Crippen molar-refractivity contribution in [1.29, 1.82) is 0 Å². The minimum Gasteiger partial charge on any atom is -0.0926 e. The van der Waals surface area contributed by atoms with Crippen molar-refractivity contribution in [3.05, 3.63) is 21.7 Å². The summed E-state index contributed by atoms with van der Waals surface area (Å²) >= 11 is 16.0. The molecule has 0 aromatic rings. The molecule has 0 N–H and O–H groups in total. The van der Waals surface area contributed by atoms with Gasteiger partial charge in [-0.3, -0.25) is 0 Å². The second-order valence-corrected chi connectivity index (χ2v) is 2.09. The maximum absolute atomic E-state index is 5.49. The molecule has 0 spiro atoms. The summed E-state index contributed by atoms with van der Waals surface area (Å²) in [5.74, 6) is 0. The Bertz CT molecular complexity index is 108. The van der Waals surface area contributed by atoms with Crippen LogP contribution in [0.5, 0.6) is 0 Å². The van der Waals surface area contributed by atoms with Crippen molar-refractivity contribution in [1.82, 2.24) is 0 Å². The van der Waals surface area contributed by atoms with Gasteiger partial charge in [0, 0.05) is 11.1 Å². The molecule has 0 bridgehead atoms. The fraction of sp³-hybridized carbons (Fsp3) is 0.200. The summed E-state index contributed by atoms with van der Waals surface area (Å²) in [5, 5.41) is 0.474. The van der Waals surface area contributed by atoms with E-state index in [0.29, 0.717) is 5.03 Å². The van der Waals surface area contributed by atoms with E-state index in [2.05, 4.69) is 0 Å². The average molecular weight is 171 g/mol. The summed E-state index contributed by atoms with van der Waals surface area (Å²) in [6.07, 6.45) is 0. The lowest BCUT2D eigenvalue weighted by atomic mass is 10.3. The van der Waals surface area contributed by atoms with Crippen molar-refractivity contribution >= 4 is 34.8 Å². The van der Waals surface area contributed by atoms with Gasteiger partial charge in [-0.15, -0.1) is 0 Å². The molecule has 0 rings (SSSR count).